The minimum atomic E-state index is -4.44. The molecule has 1 aromatic heterocycles. The number of aromatic nitrogens is 1. The third-order valence-corrected chi connectivity index (χ3v) is 3.89. The Morgan fingerprint density at radius 2 is 1.64 bits per heavy atom. The molecular weight excluding hydrogens is 371 g/mol. The number of hydrogen-bond donors (Lipinski definition) is 2. The van der Waals surface area contributed by atoms with Gasteiger partial charge in [0.1, 0.15) is 12.2 Å². The number of fused-ring (bicyclic) bond motifs is 1. The molecule has 1 heterocycles. The number of nitrogens with one attached hydrogen (secondary N) is 2. The second-order valence-electron chi connectivity index (χ2n) is 6.11. The molecule has 0 saturated carbocycles. The number of amides is 2. The van der Waals surface area contributed by atoms with Gasteiger partial charge in [-0.2, -0.15) is 13.2 Å². The van der Waals surface area contributed by atoms with Crippen molar-refractivity contribution in [2.75, 3.05) is 11.9 Å². The van der Waals surface area contributed by atoms with Gasteiger partial charge in [0, 0.05) is 11.1 Å². The zero-order valence-corrected chi connectivity index (χ0v) is 14.6. The highest BCUT2D eigenvalue weighted by Crippen LogP contribution is 2.15. The van der Waals surface area contributed by atoms with Crippen molar-refractivity contribution in [3.8, 4) is 0 Å². The highest BCUT2D eigenvalue weighted by Gasteiger charge is 2.27. The zero-order chi connectivity index (χ0) is 20.1. The van der Waals surface area contributed by atoms with E-state index < -0.39 is 18.6 Å². The van der Waals surface area contributed by atoms with E-state index in [4.69, 9.17) is 0 Å². The number of alkyl halides is 3. The average molecular weight is 387 g/mol. The molecule has 0 bridgehead atoms. The average Bonchev–Trinajstić information content (AvgIpc) is 2.67. The van der Waals surface area contributed by atoms with Gasteiger partial charge in [-0.05, 0) is 29.8 Å². The molecule has 0 atom stereocenters. The number of carbonyl (C=O) groups is 2. The third-order valence-electron chi connectivity index (χ3n) is 3.89. The van der Waals surface area contributed by atoms with E-state index in [1.54, 1.807) is 36.4 Å². The summed E-state index contributed by atoms with van der Waals surface area (Å²) in [5, 5.41) is 5.43. The Morgan fingerprint density at radius 3 is 2.36 bits per heavy atom. The molecule has 0 fully saturated rings. The minimum Gasteiger partial charge on any atom is -0.347 e. The van der Waals surface area contributed by atoms with Gasteiger partial charge >= 0.3 is 6.18 Å². The fourth-order valence-electron chi connectivity index (χ4n) is 2.54. The molecule has 3 rings (SSSR count). The van der Waals surface area contributed by atoms with Crippen LogP contribution in [0.4, 0.5) is 18.9 Å². The molecule has 0 aliphatic rings. The molecule has 28 heavy (non-hydrogen) atoms. The summed E-state index contributed by atoms with van der Waals surface area (Å²) in [7, 11) is 0. The molecule has 0 spiro atoms. The van der Waals surface area contributed by atoms with E-state index in [0.717, 1.165) is 5.39 Å². The molecule has 3 aromatic rings. The monoisotopic (exact) mass is 387 g/mol. The molecule has 0 radical (unpaired) electrons. The van der Waals surface area contributed by atoms with Gasteiger partial charge in [-0.15, -0.1) is 0 Å². The predicted octanol–water partition coefficient (Wildman–Crippen LogP) is 3.71. The third kappa shape index (κ3) is 5.29. The van der Waals surface area contributed by atoms with Crippen molar-refractivity contribution in [3.63, 3.8) is 0 Å². The fraction of sp³-hybridized carbons (Fsp3) is 0.150. The van der Waals surface area contributed by atoms with Crippen LogP contribution in [0.2, 0.25) is 0 Å². The van der Waals surface area contributed by atoms with Crippen molar-refractivity contribution in [2.24, 2.45) is 0 Å². The normalized spacial score (nSPS) is 11.2. The largest absolute Gasteiger partial charge is 0.405 e. The Morgan fingerprint density at radius 1 is 0.929 bits per heavy atom. The van der Waals surface area contributed by atoms with E-state index in [0.29, 0.717) is 16.8 Å². The summed E-state index contributed by atoms with van der Waals surface area (Å²) >= 11 is 0. The van der Waals surface area contributed by atoms with Crippen LogP contribution in [0.15, 0.2) is 60.7 Å². The second kappa shape index (κ2) is 8.08. The lowest BCUT2D eigenvalue weighted by atomic mass is 10.1. The van der Waals surface area contributed by atoms with E-state index in [-0.39, 0.29) is 18.0 Å². The van der Waals surface area contributed by atoms with Crippen LogP contribution < -0.4 is 10.6 Å². The van der Waals surface area contributed by atoms with Crippen LogP contribution in [0.3, 0.4) is 0 Å². The number of para-hydroxylation sites is 1. The van der Waals surface area contributed by atoms with Crippen LogP contribution in [-0.2, 0) is 11.2 Å². The Bertz CT molecular complexity index is 1000. The van der Waals surface area contributed by atoms with Crippen molar-refractivity contribution >= 4 is 28.4 Å². The van der Waals surface area contributed by atoms with Crippen LogP contribution in [0.1, 0.15) is 16.1 Å². The standard InChI is InChI=1S/C20H16F3N3O2/c21-20(22,23)12-24-18(27)11-13-5-8-15(9-6-13)25-19(28)17-10-7-14-3-1-2-4-16(14)26-17/h1-10H,11-12H2,(H,24,27)(H,25,28). The van der Waals surface area contributed by atoms with Gasteiger partial charge in [-0.3, -0.25) is 9.59 Å². The van der Waals surface area contributed by atoms with Gasteiger partial charge in [0.15, 0.2) is 0 Å². The zero-order valence-electron chi connectivity index (χ0n) is 14.6. The first-order valence-corrected chi connectivity index (χ1v) is 8.40. The Hall–Kier alpha value is -3.42. The highest BCUT2D eigenvalue weighted by molar-refractivity contribution is 6.04. The Kier molecular flexibility index (Phi) is 5.58. The van der Waals surface area contributed by atoms with Gasteiger partial charge < -0.3 is 10.6 Å². The van der Waals surface area contributed by atoms with E-state index in [1.165, 1.54) is 0 Å². The topological polar surface area (TPSA) is 71.1 Å². The Labute approximate surface area is 158 Å². The molecule has 5 nitrogen and oxygen atoms in total. The maximum atomic E-state index is 12.4. The van der Waals surface area contributed by atoms with E-state index in [9.17, 15) is 22.8 Å². The summed E-state index contributed by atoms with van der Waals surface area (Å²) in [4.78, 5) is 28.2. The van der Waals surface area contributed by atoms with Gasteiger partial charge in [0.2, 0.25) is 5.91 Å². The second-order valence-corrected chi connectivity index (χ2v) is 6.11. The first-order valence-electron chi connectivity index (χ1n) is 8.40. The minimum absolute atomic E-state index is 0.184. The van der Waals surface area contributed by atoms with Crippen molar-refractivity contribution < 1.29 is 22.8 Å². The van der Waals surface area contributed by atoms with Crippen LogP contribution in [0.25, 0.3) is 10.9 Å². The summed E-state index contributed by atoms with van der Waals surface area (Å²) in [6.45, 7) is -1.36. The molecule has 144 valence electrons. The molecule has 0 unspecified atom stereocenters. The first-order chi connectivity index (χ1) is 13.3. The molecule has 8 heteroatoms. The van der Waals surface area contributed by atoms with Crippen molar-refractivity contribution in [2.45, 2.75) is 12.6 Å². The van der Waals surface area contributed by atoms with Crippen molar-refractivity contribution in [1.29, 1.82) is 0 Å². The lowest BCUT2D eigenvalue weighted by Crippen LogP contribution is -2.34. The van der Waals surface area contributed by atoms with E-state index >= 15 is 0 Å². The summed E-state index contributed by atoms with van der Waals surface area (Å²) in [5.41, 5.74) is 1.98. The SMILES string of the molecule is O=C(Cc1ccc(NC(=O)c2ccc3ccccc3n2)cc1)NCC(F)(F)F. The summed E-state index contributed by atoms with van der Waals surface area (Å²) in [5.74, 6) is -1.11. The maximum absolute atomic E-state index is 12.4. The lowest BCUT2D eigenvalue weighted by Gasteiger charge is -2.09. The fourth-order valence-corrected chi connectivity index (χ4v) is 2.54. The molecule has 0 saturated heterocycles. The highest BCUT2D eigenvalue weighted by atomic mass is 19.4. The van der Waals surface area contributed by atoms with Crippen LogP contribution in [0.5, 0.6) is 0 Å². The van der Waals surface area contributed by atoms with E-state index in [1.807, 2.05) is 29.6 Å². The van der Waals surface area contributed by atoms with E-state index in [2.05, 4.69) is 10.3 Å². The smallest absolute Gasteiger partial charge is 0.347 e. The number of anilines is 1. The van der Waals surface area contributed by atoms with Crippen molar-refractivity contribution in [1.82, 2.24) is 10.3 Å². The Balaban J connectivity index is 1.60. The molecule has 2 amide bonds. The first kappa shape index (κ1) is 19.3. The number of halogens is 3. The lowest BCUT2D eigenvalue weighted by molar-refractivity contribution is -0.138. The molecule has 0 aliphatic heterocycles. The maximum Gasteiger partial charge on any atom is 0.405 e. The quantitative estimate of drug-likeness (QED) is 0.701. The van der Waals surface area contributed by atoms with Crippen LogP contribution in [0, 0.1) is 0 Å². The number of rotatable bonds is 5. The number of carbonyl (C=O) groups excluding carboxylic acids is 2. The summed E-state index contributed by atoms with van der Waals surface area (Å²) in [6, 6.07) is 17.1. The van der Waals surface area contributed by atoms with Crippen LogP contribution >= 0.6 is 0 Å². The van der Waals surface area contributed by atoms with Gasteiger partial charge in [-0.1, -0.05) is 36.4 Å². The molecule has 2 aromatic carbocycles. The molecule has 2 N–H and O–H groups in total. The summed E-state index contributed by atoms with van der Waals surface area (Å²) < 4.78 is 36.3. The number of nitrogens with zero attached hydrogens (tertiary/aromatic N) is 1. The summed E-state index contributed by atoms with van der Waals surface area (Å²) in [6.07, 6.45) is -4.63. The van der Waals surface area contributed by atoms with Gasteiger partial charge in [-0.25, -0.2) is 4.98 Å². The van der Waals surface area contributed by atoms with Gasteiger partial charge in [0.25, 0.3) is 5.91 Å². The predicted molar refractivity (Wildman–Crippen MR) is 98.9 cm³/mol. The number of pyridine rings is 1. The van der Waals surface area contributed by atoms with Crippen molar-refractivity contribution in [3.05, 3.63) is 71.9 Å². The van der Waals surface area contributed by atoms with Crippen LogP contribution in [-0.4, -0.2) is 29.5 Å². The van der Waals surface area contributed by atoms with Gasteiger partial charge in [0.05, 0.1) is 11.9 Å². The molecule has 0 aliphatic carbocycles. The molecular formula is C20H16F3N3O2. The number of hydrogen-bond acceptors (Lipinski definition) is 3. The number of benzene rings is 2.